The summed E-state index contributed by atoms with van der Waals surface area (Å²) >= 11 is 0. The van der Waals surface area contributed by atoms with Crippen LogP contribution in [0.25, 0.3) is 0 Å². The van der Waals surface area contributed by atoms with Crippen LogP contribution in [0.1, 0.15) is 62.7 Å². The predicted octanol–water partition coefficient (Wildman–Crippen LogP) is 6.18. The summed E-state index contributed by atoms with van der Waals surface area (Å²) in [6.07, 6.45) is 6.85. The molecule has 0 aliphatic carbocycles. The molecule has 0 N–H and O–H groups in total. The summed E-state index contributed by atoms with van der Waals surface area (Å²) < 4.78 is 30.3. The molecule has 0 unspecified atom stereocenters. The maximum Gasteiger partial charge on any atom is 0.343 e. The van der Waals surface area contributed by atoms with E-state index in [1.165, 1.54) is 37.8 Å². The summed E-state index contributed by atoms with van der Waals surface area (Å²) in [5, 5.41) is 0. The molecular weight excluding hydrogens is 359 g/mol. The number of esters is 1. The number of carbonyl (C=O) groups is 1. The molecule has 2 aromatic carbocycles. The molecule has 0 saturated heterocycles. The van der Waals surface area contributed by atoms with Crippen molar-refractivity contribution in [1.82, 2.24) is 0 Å². The second-order valence-electron chi connectivity index (χ2n) is 6.56. The minimum atomic E-state index is -0.620. The molecule has 0 fully saturated rings. The van der Waals surface area contributed by atoms with Crippen LogP contribution in [0.3, 0.4) is 0 Å². The highest BCUT2D eigenvalue weighted by Gasteiger charge is 2.13. The number of hydrogen-bond donors (Lipinski definition) is 0. The van der Waals surface area contributed by atoms with Crippen LogP contribution in [-0.2, 0) is 0 Å². The van der Waals surface area contributed by atoms with E-state index in [0.29, 0.717) is 24.7 Å². The Kier molecular flexibility index (Phi) is 9.32. The Morgan fingerprint density at radius 1 is 0.857 bits per heavy atom. The van der Waals surface area contributed by atoms with Crippen molar-refractivity contribution in [3.63, 3.8) is 0 Å². The molecule has 28 heavy (non-hydrogen) atoms. The van der Waals surface area contributed by atoms with Crippen LogP contribution in [0.4, 0.5) is 4.39 Å². The van der Waals surface area contributed by atoms with Gasteiger partial charge in [0.05, 0.1) is 18.8 Å². The van der Waals surface area contributed by atoms with Crippen molar-refractivity contribution < 1.29 is 23.4 Å². The van der Waals surface area contributed by atoms with Gasteiger partial charge in [-0.05, 0) is 55.8 Å². The molecule has 0 atom stereocenters. The zero-order chi connectivity index (χ0) is 20.2. The third kappa shape index (κ3) is 7.22. The van der Waals surface area contributed by atoms with E-state index in [2.05, 4.69) is 6.92 Å². The van der Waals surface area contributed by atoms with Gasteiger partial charge in [0.25, 0.3) is 0 Å². The van der Waals surface area contributed by atoms with Gasteiger partial charge in [0.2, 0.25) is 0 Å². The zero-order valence-electron chi connectivity index (χ0n) is 16.7. The average Bonchev–Trinajstić information content (AvgIpc) is 2.70. The predicted molar refractivity (Wildman–Crippen MR) is 108 cm³/mol. The molecule has 0 spiro atoms. The molecule has 2 rings (SSSR count). The highest BCUT2D eigenvalue weighted by molar-refractivity contribution is 5.91. The molecule has 0 aliphatic heterocycles. The fourth-order valence-electron chi connectivity index (χ4n) is 2.75. The Morgan fingerprint density at radius 2 is 1.54 bits per heavy atom. The second-order valence-corrected chi connectivity index (χ2v) is 6.56. The monoisotopic (exact) mass is 388 g/mol. The molecule has 0 aliphatic rings. The molecule has 2 aromatic rings. The van der Waals surface area contributed by atoms with Crippen LogP contribution in [0.5, 0.6) is 17.2 Å². The SMILES string of the molecule is CCCCCCCCOc1ccc(C(=O)Oc2ccc(OCC)cc2)cc1F. The number of hydrogen-bond acceptors (Lipinski definition) is 4. The first-order valence-corrected chi connectivity index (χ1v) is 10.0. The summed E-state index contributed by atoms with van der Waals surface area (Å²) in [7, 11) is 0. The van der Waals surface area contributed by atoms with Crippen molar-refractivity contribution in [2.24, 2.45) is 0 Å². The lowest BCUT2D eigenvalue weighted by atomic mass is 10.1. The van der Waals surface area contributed by atoms with Crippen molar-refractivity contribution >= 4 is 5.97 Å². The summed E-state index contributed by atoms with van der Waals surface area (Å²) in [4.78, 5) is 12.2. The van der Waals surface area contributed by atoms with E-state index < -0.39 is 11.8 Å². The van der Waals surface area contributed by atoms with E-state index in [0.717, 1.165) is 18.9 Å². The number of unbranched alkanes of at least 4 members (excludes halogenated alkanes) is 5. The molecule has 0 amide bonds. The first-order chi connectivity index (χ1) is 13.6. The zero-order valence-corrected chi connectivity index (χ0v) is 16.7. The first kappa shape index (κ1) is 21.7. The van der Waals surface area contributed by atoms with Gasteiger partial charge < -0.3 is 14.2 Å². The summed E-state index contributed by atoms with van der Waals surface area (Å²) in [5.74, 6) is 0.0429. The van der Waals surface area contributed by atoms with Gasteiger partial charge in [0, 0.05) is 0 Å². The summed E-state index contributed by atoms with van der Waals surface area (Å²) in [6.45, 7) is 5.11. The number of ether oxygens (including phenoxy) is 3. The van der Waals surface area contributed by atoms with Crippen molar-refractivity contribution in [3.8, 4) is 17.2 Å². The molecule has 4 nitrogen and oxygen atoms in total. The molecule has 0 bridgehead atoms. The van der Waals surface area contributed by atoms with Crippen molar-refractivity contribution in [1.29, 1.82) is 0 Å². The summed E-state index contributed by atoms with van der Waals surface area (Å²) in [5.41, 5.74) is 0.137. The van der Waals surface area contributed by atoms with Crippen LogP contribution < -0.4 is 14.2 Å². The molecular formula is C23H29FO4. The number of benzene rings is 2. The highest BCUT2D eigenvalue weighted by atomic mass is 19.1. The molecule has 152 valence electrons. The topological polar surface area (TPSA) is 44.8 Å². The number of rotatable bonds is 12. The average molecular weight is 388 g/mol. The van der Waals surface area contributed by atoms with E-state index >= 15 is 0 Å². The lowest BCUT2D eigenvalue weighted by Gasteiger charge is -2.09. The Labute approximate surface area is 166 Å². The fraction of sp³-hybridized carbons (Fsp3) is 0.435. The Bertz CT molecular complexity index is 728. The quantitative estimate of drug-likeness (QED) is 0.247. The van der Waals surface area contributed by atoms with Gasteiger partial charge >= 0.3 is 5.97 Å². The van der Waals surface area contributed by atoms with Crippen LogP contribution in [0.2, 0.25) is 0 Å². The lowest BCUT2D eigenvalue weighted by molar-refractivity contribution is 0.0734. The van der Waals surface area contributed by atoms with E-state index in [1.807, 2.05) is 6.92 Å². The van der Waals surface area contributed by atoms with E-state index in [9.17, 15) is 9.18 Å². The maximum absolute atomic E-state index is 14.2. The van der Waals surface area contributed by atoms with Crippen molar-refractivity contribution in [2.45, 2.75) is 52.4 Å². The fourth-order valence-corrected chi connectivity index (χ4v) is 2.75. The Morgan fingerprint density at radius 3 is 2.21 bits per heavy atom. The molecule has 0 heterocycles. The standard InChI is InChI=1S/C23H29FO4/c1-3-5-6-7-8-9-16-27-22-15-10-18(17-21(22)24)23(25)28-20-13-11-19(12-14-20)26-4-2/h10-15,17H,3-9,16H2,1-2H3. The number of carbonyl (C=O) groups excluding carboxylic acids is 1. The van der Waals surface area contributed by atoms with Gasteiger partial charge in [-0.3, -0.25) is 0 Å². The third-order valence-corrected chi connectivity index (χ3v) is 4.27. The van der Waals surface area contributed by atoms with E-state index in [4.69, 9.17) is 14.2 Å². The van der Waals surface area contributed by atoms with Crippen molar-refractivity contribution in [2.75, 3.05) is 13.2 Å². The lowest BCUT2D eigenvalue weighted by Crippen LogP contribution is -2.09. The van der Waals surface area contributed by atoms with E-state index in [1.54, 1.807) is 24.3 Å². The minimum Gasteiger partial charge on any atom is -0.494 e. The largest absolute Gasteiger partial charge is 0.494 e. The third-order valence-electron chi connectivity index (χ3n) is 4.27. The van der Waals surface area contributed by atoms with Crippen LogP contribution in [-0.4, -0.2) is 19.2 Å². The van der Waals surface area contributed by atoms with Crippen LogP contribution in [0.15, 0.2) is 42.5 Å². The summed E-state index contributed by atoms with van der Waals surface area (Å²) in [6, 6.07) is 10.8. The maximum atomic E-state index is 14.2. The molecule has 0 radical (unpaired) electrons. The van der Waals surface area contributed by atoms with Gasteiger partial charge in [-0.15, -0.1) is 0 Å². The van der Waals surface area contributed by atoms with E-state index in [-0.39, 0.29) is 11.3 Å². The minimum absolute atomic E-state index is 0.137. The Hall–Kier alpha value is -2.56. The first-order valence-electron chi connectivity index (χ1n) is 10.0. The van der Waals surface area contributed by atoms with Crippen LogP contribution in [0, 0.1) is 5.82 Å². The molecule has 0 aromatic heterocycles. The van der Waals surface area contributed by atoms with Gasteiger partial charge in [-0.25, -0.2) is 9.18 Å². The second kappa shape index (κ2) is 12.0. The van der Waals surface area contributed by atoms with Gasteiger partial charge in [-0.2, -0.15) is 0 Å². The highest BCUT2D eigenvalue weighted by Crippen LogP contribution is 2.22. The smallest absolute Gasteiger partial charge is 0.343 e. The van der Waals surface area contributed by atoms with Crippen molar-refractivity contribution in [3.05, 3.63) is 53.8 Å². The molecule has 0 saturated carbocycles. The van der Waals surface area contributed by atoms with Gasteiger partial charge in [0.15, 0.2) is 11.6 Å². The normalized spacial score (nSPS) is 10.5. The Balaban J connectivity index is 1.82. The van der Waals surface area contributed by atoms with Crippen LogP contribution >= 0.6 is 0 Å². The number of halogens is 1. The molecule has 5 heteroatoms. The van der Waals surface area contributed by atoms with Gasteiger partial charge in [-0.1, -0.05) is 39.0 Å². The van der Waals surface area contributed by atoms with Gasteiger partial charge in [0.1, 0.15) is 11.5 Å².